The van der Waals surface area contributed by atoms with E-state index in [-0.39, 0.29) is 20.1 Å². The SMILES string of the molecule is Cc1[c-]c(-c2ccccn2)ccc1.Cc1cc(-c2[c-]cccc2)ncc1-c1ccccc1.[Ir]. The summed E-state index contributed by atoms with van der Waals surface area (Å²) < 4.78 is 0. The average Bonchev–Trinajstić information content (AvgIpc) is 2.86. The molecular formula is C30H24IrN2-2. The van der Waals surface area contributed by atoms with Crippen LogP contribution >= 0.6 is 0 Å². The van der Waals surface area contributed by atoms with Crippen molar-refractivity contribution in [1.82, 2.24) is 9.97 Å². The predicted molar refractivity (Wildman–Crippen MR) is 132 cm³/mol. The molecule has 0 aliphatic carbocycles. The molecule has 2 heterocycles. The minimum atomic E-state index is 0. The molecule has 165 valence electrons. The van der Waals surface area contributed by atoms with Gasteiger partial charge in [-0.1, -0.05) is 55.5 Å². The molecule has 0 aliphatic heterocycles. The maximum absolute atomic E-state index is 4.55. The van der Waals surface area contributed by atoms with E-state index in [1.54, 1.807) is 6.20 Å². The van der Waals surface area contributed by atoms with Crippen LogP contribution in [-0.4, -0.2) is 9.97 Å². The van der Waals surface area contributed by atoms with Crippen molar-refractivity contribution in [2.45, 2.75) is 13.8 Å². The van der Waals surface area contributed by atoms with E-state index in [0.29, 0.717) is 0 Å². The van der Waals surface area contributed by atoms with Gasteiger partial charge >= 0.3 is 0 Å². The van der Waals surface area contributed by atoms with Crippen LogP contribution in [0.1, 0.15) is 11.1 Å². The summed E-state index contributed by atoms with van der Waals surface area (Å²) in [6.45, 7) is 4.16. The Kier molecular flexibility index (Phi) is 8.83. The van der Waals surface area contributed by atoms with Crippen molar-refractivity contribution in [3.63, 3.8) is 0 Å². The van der Waals surface area contributed by atoms with Crippen molar-refractivity contribution in [2.75, 3.05) is 0 Å². The predicted octanol–water partition coefficient (Wildman–Crippen LogP) is 7.38. The molecular weight excluding hydrogens is 581 g/mol. The van der Waals surface area contributed by atoms with Gasteiger partial charge in [-0.05, 0) is 35.5 Å². The van der Waals surface area contributed by atoms with Gasteiger partial charge < -0.3 is 9.97 Å². The zero-order valence-electron chi connectivity index (χ0n) is 18.6. The maximum Gasteiger partial charge on any atom is 0.0242 e. The van der Waals surface area contributed by atoms with Crippen LogP contribution in [-0.2, 0) is 20.1 Å². The molecule has 3 heteroatoms. The second-order valence-corrected chi connectivity index (χ2v) is 7.49. The number of aromatic nitrogens is 2. The second kappa shape index (κ2) is 12.0. The Morgan fingerprint density at radius 1 is 0.667 bits per heavy atom. The summed E-state index contributed by atoms with van der Waals surface area (Å²) in [6, 6.07) is 38.8. The van der Waals surface area contributed by atoms with E-state index >= 15 is 0 Å². The molecule has 2 nitrogen and oxygen atoms in total. The van der Waals surface area contributed by atoms with Crippen LogP contribution in [0.25, 0.3) is 33.6 Å². The van der Waals surface area contributed by atoms with E-state index in [2.05, 4.69) is 47.2 Å². The molecule has 0 bridgehead atoms. The standard InChI is InChI=1S/C18H14N.C12H10N.Ir/c1-14-12-18(16-10-6-3-7-11-16)19-13-17(14)15-8-4-2-5-9-15;1-10-5-4-6-11(9-10)12-7-2-3-8-13-12;/h2-10,12-13H,1H3;2-8H,1H3;/q2*-1;. The van der Waals surface area contributed by atoms with Crippen molar-refractivity contribution in [3.8, 4) is 33.6 Å². The molecule has 0 amide bonds. The van der Waals surface area contributed by atoms with Gasteiger partial charge in [0.25, 0.3) is 0 Å². The summed E-state index contributed by atoms with van der Waals surface area (Å²) in [4.78, 5) is 8.81. The average molecular weight is 605 g/mol. The van der Waals surface area contributed by atoms with Gasteiger partial charge in [0.2, 0.25) is 0 Å². The molecule has 33 heavy (non-hydrogen) atoms. The van der Waals surface area contributed by atoms with Gasteiger partial charge in [0, 0.05) is 38.1 Å². The van der Waals surface area contributed by atoms with Gasteiger partial charge in [-0.3, -0.25) is 0 Å². The minimum absolute atomic E-state index is 0. The van der Waals surface area contributed by atoms with E-state index in [1.807, 2.05) is 92.0 Å². The van der Waals surface area contributed by atoms with Crippen molar-refractivity contribution in [2.24, 2.45) is 0 Å². The van der Waals surface area contributed by atoms with Crippen LogP contribution < -0.4 is 0 Å². The molecule has 0 saturated heterocycles. The van der Waals surface area contributed by atoms with Crippen LogP contribution in [0.15, 0.2) is 109 Å². The molecule has 0 spiro atoms. The second-order valence-electron chi connectivity index (χ2n) is 7.49. The fraction of sp³-hybridized carbons (Fsp3) is 0.0667. The number of rotatable bonds is 3. The van der Waals surface area contributed by atoms with E-state index < -0.39 is 0 Å². The minimum Gasteiger partial charge on any atom is -0.305 e. The fourth-order valence-corrected chi connectivity index (χ4v) is 3.43. The summed E-state index contributed by atoms with van der Waals surface area (Å²) in [5.74, 6) is 0. The summed E-state index contributed by atoms with van der Waals surface area (Å²) >= 11 is 0. The number of aryl methyl sites for hydroxylation is 2. The number of hydrogen-bond acceptors (Lipinski definition) is 2. The van der Waals surface area contributed by atoms with Gasteiger partial charge in [0.15, 0.2) is 0 Å². The third kappa shape index (κ3) is 6.55. The maximum atomic E-state index is 4.55. The van der Waals surface area contributed by atoms with E-state index in [4.69, 9.17) is 0 Å². The Labute approximate surface area is 209 Å². The molecule has 5 rings (SSSR count). The normalized spacial score (nSPS) is 9.88. The van der Waals surface area contributed by atoms with E-state index in [1.165, 1.54) is 16.7 Å². The summed E-state index contributed by atoms with van der Waals surface area (Å²) in [7, 11) is 0. The van der Waals surface area contributed by atoms with Gasteiger partial charge in [0.05, 0.1) is 0 Å². The Hall–Kier alpha value is -3.39. The van der Waals surface area contributed by atoms with Crippen molar-refractivity contribution in [3.05, 3.63) is 133 Å². The van der Waals surface area contributed by atoms with Crippen LogP contribution in [0.2, 0.25) is 0 Å². The molecule has 0 fully saturated rings. The Bertz CT molecular complexity index is 1270. The quantitative estimate of drug-likeness (QED) is 0.201. The first kappa shape index (κ1) is 24.3. The van der Waals surface area contributed by atoms with E-state index in [0.717, 1.165) is 28.1 Å². The van der Waals surface area contributed by atoms with Crippen LogP contribution in [0.5, 0.6) is 0 Å². The molecule has 0 atom stereocenters. The monoisotopic (exact) mass is 605 g/mol. The largest absolute Gasteiger partial charge is 0.305 e. The topological polar surface area (TPSA) is 25.8 Å². The van der Waals surface area contributed by atoms with Crippen LogP contribution in [0.4, 0.5) is 0 Å². The molecule has 0 aliphatic rings. The number of pyridine rings is 2. The van der Waals surface area contributed by atoms with Gasteiger partial charge in [-0.2, -0.15) is 0 Å². The third-order valence-electron chi connectivity index (χ3n) is 5.06. The first-order chi connectivity index (χ1) is 15.7. The third-order valence-corrected chi connectivity index (χ3v) is 5.06. The first-order valence-corrected chi connectivity index (χ1v) is 10.6. The molecule has 0 unspecified atom stereocenters. The van der Waals surface area contributed by atoms with Crippen LogP contribution in [0, 0.1) is 26.0 Å². The Morgan fingerprint density at radius 3 is 2.09 bits per heavy atom. The molecule has 2 aromatic heterocycles. The molecule has 5 aromatic rings. The molecule has 1 radical (unpaired) electrons. The zero-order chi connectivity index (χ0) is 22.2. The zero-order valence-corrected chi connectivity index (χ0v) is 21.0. The number of nitrogens with zero attached hydrogens (tertiary/aromatic N) is 2. The van der Waals surface area contributed by atoms with Gasteiger partial charge in [-0.25, -0.2) is 0 Å². The fourth-order valence-electron chi connectivity index (χ4n) is 3.43. The summed E-state index contributed by atoms with van der Waals surface area (Å²) in [5.41, 5.74) is 8.79. The van der Waals surface area contributed by atoms with Crippen LogP contribution in [0.3, 0.4) is 0 Å². The molecule has 3 aromatic carbocycles. The van der Waals surface area contributed by atoms with Crippen molar-refractivity contribution >= 4 is 0 Å². The van der Waals surface area contributed by atoms with Crippen molar-refractivity contribution < 1.29 is 20.1 Å². The van der Waals surface area contributed by atoms with E-state index in [9.17, 15) is 0 Å². The summed E-state index contributed by atoms with van der Waals surface area (Å²) in [6.07, 6.45) is 3.74. The number of hydrogen-bond donors (Lipinski definition) is 0. The molecule has 0 N–H and O–H groups in total. The smallest absolute Gasteiger partial charge is 0.0242 e. The first-order valence-electron chi connectivity index (χ1n) is 10.6. The Balaban J connectivity index is 0.000000192. The molecule has 0 saturated carbocycles. The summed E-state index contributed by atoms with van der Waals surface area (Å²) in [5, 5.41) is 0. The van der Waals surface area contributed by atoms with Crippen molar-refractivity contribution in [1.29, 1.82) is 0 Å². The van der Waals surface area contributed by atoms with Gasteiger partial charge in [0.1, 0.15) is 0 Å². The Morgan fingerprint density at radius 2 is 1.42 bits per heavy atom. The van der Waals surface area contributed by atoms with Gasteiger partial charge in [-0.15, -0.1) is 71.3 Å². The number of benzene rings is 3.